The molecule has 5 rings (SSSR count). The Hall–Kier alpha value is -4.66. The zero-order valence-corrected chi connectivity index (χ0v) is 23.2. The molecule has 224 valence electrons. The number of halogens is 6. The van der Waals surface area contributed by atoms with Gasteiger partial charge in [0.15, 0.2) is 15.5 Å². The molecule has 0 saturated heterocycles. The minimum absolute atomic E-state index is 0.0210. The number of aromatic nitrogens is 5. The summed E-state index contributed by atoms with van der Waals surface area (Å²) in [6.07, 6.45) is -7.42. The fourth-order valence-electron chi connectivity index (χ4n) is 4.40. The molecule has 0 radical (unpaired) electrons. The maximum Gasteiger partial charge on any atom is 0.573 e. The molecule has 0 saturated carbocycles. The van der Waals surface area contributed by atoms with E-state index in [4.69, 9.17) is 0 Å². The summed E-state index contributed by atoms with van der Waals surface area (Å²) in [4.78, 5) is 3.75. The molecule has 0 amide bonds. The van der Waals surface area contributed by atoms with Gasteiger partial charge in [-0.2, -0.15) is 13.2 Å². The van der Waals surface area contributed by atoms with Crippen LogP contribution in [-0.2, 0) is 16.0 Å². The van der Waals surface area contributed by atoms with E-state index in [1.807, 2.05) is 0 Å². The molecule has 15 heteroatoms. The summed E-state index contributed by atoms with van der Waals surface area (Å²) in [5, 5.41) is 8.06. The third kappa shape index (κ3) is 6.26. The van der Waals surface area contributed by atoms with E-state index in [0.717, 1.165) is 18.3 Å². The van der Waals surface area contributed by atoms with Crippen LogP contribution in [0.4, 0.5) is 26.3 Å². The summed E-state index contributed by atoms with van der Waals surface area (Å²) in [7, 11) is -3.53. The first-order chi connectivity index (χ1) is 20.2. The van der Waals surface area contributed by atoms with Crippen molar-refractivity contribution < 1.29 is 39.5 Å². The van der Waals surface area contributed by atoms with Crippen molar-refractivity contribution in [2.75, 3.05) is 5.75 Å². The highest BCUT2D eigenvalue weighted by molar-refractivity contribution is 7.91. The molecule has 5 aromatic rings. The first-order valence-corrected chi connectivity index (χ1v) is 14.2. The van der Waals surface area contributed by atoms with Crippen molar-refractivity contribution in [3.8, 4) is 39.5 Å². The predicted molar refractivity (Wildman–Crippen MR) is 144 cm³/mol. The zero-order chi connectivity index (χ0) is 31.2. The maximum atomic E-state index is 13.5. The smallest absolute Gasteiger partial charge is 0.406 e. The molecule has 0 fully saturated rings. The summed E-state index contributed by atoms with van der Waals surface area (Å²) in [5.74, 6) is -0.543. The van der Waals surface area contributed by atoms with Crippen LogP contribution in [0.25, 0.3) is 33.8 Å². The fraction of sp³-hybridized carbons (Fsp3) is 0.179. The average Bonchev–Trinajstić information content (AvgIpc) is 3.59. The molecule has 2 heterocycles. The Morgan fingerprint density at radius 3 is 2.16 bits per heavy atom. The van der Waals surface area contributed by atoms with E-state index in [1.165, 1.54) is 59.6 Å². The third-order valence-electron chi connectivity index (χ3n) is 6.48. The second-order valence-electron chi connectivity index (χ2n) is 9.28. The van der Waals surface area contributed by atoms with Gasteiger partial charge in [-0.15, -0.1) is 18.3 Å². The largest absolute Gasteiger partial charge is 0.573 e. The Labute approximate surface area is 241 Å². The number of nitrogens with zero attached hydrogens (tertiary/aromatic N) is 5. The summed E-state index contributed by atoms with van der Waals surface area (Å²) in [6, 6.07) is 15.9. The van der Waals surface area contributed by atoms with Gasteiger partial charge < -0.3 is 9.30 Å². The van der Waals surface area contributed by atoms with E-state index >= 15 is 0 Å². The Morgan fingerprint density at radius 1 is 0.860 bits per heavy atom. The molecular weight excluding hydrogens is 600 g/mol. The lowest BCUT2D eigenvalue weighted by atomic mass is 10.0. The van der Waals surface area contributed by atoms with Gasteiger partial charge in [-0.25, -0.2) is 18.1 Å². The van der Waals surface area contributed by atoms with Crippen molar-refractivity contribution in [3.05, 3.63) is 90.6 Å². The second-order valence-corrected chi connectivity index (χ2v) is 11.6. The molecule has 43 heavy (non-hydrogen) atoms. The van der Waals surface area contributed by atoms with Crippen LogP contribution in [0, 0.1) is 6.92 Å². The number of alkyl halides is 6. The lowest BCUT2D eigenvalue weighted by molar-refractivity contribution is -0.274. The fourth-order valence-corrected chi connectivity index (χ4v) is 5.33. The Bertz CT molecular complexity index is 1900. The van der Waals surface area contributed by atoms with Gasteiger partial charge in [0.2, 0.25) is 0 Å². The average molecular weight is 622 g/mol. The molecule has 8 nitrogen and oxygen atoms in total. The first kappa shape index (κ1) is 29.8. The summed E-state index contributed by atoms with van der Waals surface area (Å²) in [6.45, 7) is 2.92. The second kappa shape index (κ2) is 10.9. The van der Waals surface area contributed by atoms with Crippen molar-refractivity contribution in [2.24, 2.45) is 0 Å². The number of benzene rings is 3. The molecule has 0 aliphatic rings. The quantitative estimate of drug-likeness (QED) is 0.186. The van der Waals surface area contributed by atoms with E-state index in [-0.39, 0.29) is 27.8 Å². The molecule has 2 aromatic heterocycles. The van der Waals surface area contributed by atoms with Gasteiger partial charge in [0.05, 0.1) is 33.9 Å². The zero-order valence-electron chi connectivity index (χ0n) is 22.3. The van der Waals surface area contributed by atoms with Crippen LogP contribution in [0.5, 0.6) is 5.75 Å². The Morgan fingerprint density at radius 2 is 1.53 bits per heavy atom. The summed E-state index contributed by atoms with van der Waals surface area (Å²) >= 11 is 0. The summed E-state index contributed by atoms with van der Waals surface area (Å²) < 4.78 is 110. The standard InChI is InChI=1S/C28H21F6N5O3S/c1-3-43(40,41)22-6-4-5-19(13-22)20-9-12-23(38-16-26(27(29,30)31)36-17(38)2)24(14-20)39-25(15-35-37-39)18-7-10-21(11-8-18)42-28(32,33)34/h4-16H,3H2,1-2H3. The molecular formula is C28H21F6N5O3S. The normalized spacial score (nSPS) is 12.5. The molecule has 3 aromatic carbocycles. The number of ether oxygens (including phenoxy) is 1. The highest BCUT2D eigenvalue weighted by atomic mass is 32.2. The van der Waals surface area contributed by atoms with Gasteiger partial charge in [-0.3, -0.25) is 0 Å². The van der Waals surface area contributed by atoms with Crippen molar-refractivity contribution in [1.29, 1.82) is 0 Å². The van der Waals surface area contributed by atoms with E-state index in [0.29, 0.717) is 22.4 Å². The van der Waals surface area contributed by atoms with Crippen molar-refractivity contribution in [3.63, 3.8) is 0 Å². The lowest BCUT2D eigenvalue weighted by Crippen LogP contribution is -2.16. The van der Waals surface area contributed by atoms with Gasteiger partial charge in [0.25, 0.3) is 0 Å². The number of sulfone groups is 1. The highest BCUT2D eigenvalue weighted by Crippen LogP contribution is 2.35. The minimum Gasteiger partial charge on any atom is -0.406 e. The topological polar surface area (TPSA) is 91.9 Å². The number of aryl methyl sites for hydroxylation is 1. The van der Waals surface area contributed by atoms with Crippen LogP contribution in [0.15, 0.2) is 84.0 Å². The van der Waals surface area contributed by atoms with Crippen LogP contribution < -0.4 is 4.74 Å². The number of rotatable bonds is 7. The van der Waals surface area contributed by atoms with Crippen LogP contribution in [0.3, 0.4) is 0 Å². The van der Waals surface area contributed by atoms with Crippen LogP contribution >= 0.6 is 0 Å². The Balaban J connectivity index is 1.68. The van der Waals surface area contributed by atoms with E-state index in [2.05, 4.69) is 20.0 Å². The highest BCUT2D eigenvalue weighted by Gasteiger charge is 2.35. The molecule has 0 spiro atoms. The SMILES string of the molecule is CCS(=O)(=O)c1cccc(-c2ccc(-n3cc(C(F)(F)F)nc3C)c(-n3nncc3-c3ccc(OC(F)(F)F)cc3)c2)c1. The number of hydrogen-bond acceptors (Lipinski definition) is 6. The minimum atomic E-state index is -4.88. The van der Waals surface area contributed by atoms with Gasteiger partial charge in [0.1, 0.15) is 11.6 Å². The van der Waals surface area contributed by atoms with E-state index < -0.39 is 33.8 Å². The van der Waals surface area contributed by atoms with Gasteiger partial charge >= 0.3 is 12.5 Å². The van der Waals surface area contributed by atoms with Crippen molar-refractivity contribution in [2.45, 2.75) is 31.3 Å². The molecule has 0 atom stereocenters. The Kier molecular flexibility index (Phi) is 7.54. The van der Waals surface area contributed by atoms with Crippen LogP contribution in [0.1, 0.15) is 18.4 Å². The first-order valence-electron chi connectivity index (χ1n) is 12.5. The van der Waals surface area contributed by atoms with Crippen LogP contribution in [-0.4, -0.2) is 45.1 Å². The molecule has 0 aliphatic carbocycles. The predicted octanol–water partition coefficient (Wildman–Crippen LogP) is 6.81. The van der Waals surface area contributed by atoms with Crippen LogP contribution in [0.2, 0.25) is 0 Å². The third-order valence-corrected chi connectivity index (χ3v) is 8.21. The lowest BCUT2D eigenvalue weighted by Gasteiger charge is -2.16. The molecule has 0 N–H and O–H groups in total. The monoisotopic (exact) mass is 621 g/mol. The van der Waals surface area contributed by atoms with E-state index in [9.17, 15) is 34.8 Å². The molecule has 0 bridgehead atoms. The van der Waals surface area contributed by atoms with Gasteiger partial charge in [0, 0.05) is 11.8 Å². The van der Waals surface area contributed by atoms with Gasteiger partial charge in [-0.05, 0) is 66.6 Å². The number of imidazole rings is 1. The summed E-state index contributed by atoms with van der Waals surface area (Å²) in [5.41, 5.74) is 1.05. The van der Waals surface area contributed by atoms with Crippen molar-refractivity contribution in [1.82, 2.24) is 24.5 Å². The molecule has 0 aliphatic heterocycles. The van der Waals surface area contributed by atoms with Gasteiger partial charge in [-0.1, -0.05) is 30.3 Å². The van der Waals surface area contributed by atoms with E-state index in [1.54, 1.807) is 24.3 Å². The molecule has 0 unspecified atom stereocenters. The number of hydrogen-bond donors (Lipinski definition) is 0. The maximum absolute atomic E-state index is 13.5. The van der Waals surface area contributed by atoms with Crippen molar-refractivity contribution >= 4 is 9.84 Å².